The number of rotatable bonds is 4. The van der Waals surface area contributed by atoms with E-state index in [4.69, 9.17) is 0 Å². The number of aryl methyl sites for hydroxylation is 1. The predicted molar refractivity (Wildman–Crippen MR) is 102 cm³/mol. The lowest BCUT2D eigenvalue weighted by Gasteiger charge is -2.38. The number of fused-ring (bicyclic) bond motifs is 1. The molecule has 0 radical (unpaired) electrons. The number of anilines is 1. The molecule has 0 spiro atoms. The zero-order valence-corrected chi connectivity index (χ0v) is 15.5. The second-order valence-corrected chi connectivity index (χ2v) is 7.82. The first-order valence-electron chi connectivity index (χ1n) is 10.1. The van der Waals surface area contributed by atoms with E-state index in [1.807, 2.05) is 15.9 Å². The van der Waals surface area contributed by atoms with Crippen molar-refractivity contribution in [2.24, 2.45) is 5.92 Å². The molecule has 5 nitrogen and oxygen atoms in total. The van der Waals surface area contributed by atoms with Crippen LogP contribution in [0.5, 0.6) is 0 Å². The number of benzene rings is 1. The van der Waals surface area contributed by atoms with Crippen LogP contribution in [0.4, 0.5) is 5.69 Å². The van der Waals surface area contributed by atoms with E-state index in [0.29, 0.717) is 18.2 Å². The highest BCUT2D eigenvalue weighted by molar-refractivity contribution is 5.94. The molecule has 140 valence electrons. The minimum Gasteiger partial charge on any atom is -0.340 e. The monoisotopic (exact) mass is 355 g/mol. The first-order valence-corrected chi connectivity index (χ1v) is 10.1. The van der Waals surface area contributed by atoms with Crippen LogP contribution in [0.3, 0.4) is 0 Å². The van der Waals surface area contributed by atoms with Crippen molar-refractivity contribution in [3.05, 3.63) is 29.8 Å². The molecule has 1 aliphatic carbocycles. The number of hydrogen-bond donors (Lipinski definition) is 0. The zero-order chi connectivity index (χ0) is 17.9. The fourth-order valence-electron chi connectivity index (χ4n) is 4.29. The van der Waals surface area contributed by atoms with Crippen LogP contribution in [-0.2, 0) is 16.0 Å². The molecule has 2 amide bonds. The Morgan fingerprint density at radius 2 is 1.73 bits per heavy atom. The van der Waals surface area contributed by atoms with Crippen LogP contribution in [0, 0.1) is 5.92 Å². The molecule has 1 saturated carbocycles. The number of amides is 2. The third kappa shape index (κ3) is 3.63. The molecule has 0 aromatic heterocycles. The third-order valence-corrected chi connectivity index (χ3v) is 6.19. The van der Waals surface area contributed by atoms with Gasteiger partial charge in [0.15, 0.2) is 0 Å². The number of carbonyl (C=O) groups is 2. The van der Waals surface area contributed by atoms with Crippen LogP contribution in [0.1, 0.15) is 37.7 Å². The summed E-state index contributed by atoms with van der Waals surface area (Å²) in [6.07, 6.45) is 6.03. The molecule has 0 N–H and O–H groups in total. The summed E-state index contributed by atoms with van der Waals surface area (Å²) in [4.78, 5) is 31.4. The van der Waals surface area contributed by atoms with Gasteiger partial charge in [0.25, 0.3) is 0 Å². The van der Waals surface area contributed by atoms with Crippen LogP contribution in [0.15, 0.2) is 24.3 Å². The van der Waals surface area contributed by atoms with E-state index in [0.717, 1.165) is 70.6 Å². The van der Waals surface area contributed by atoms with Gasteiger partial charge in [-0.25, -0.2) is 0 Å². The van der Waals surface area contributed by atoms with Crippen molar-refractivity contribution in [1.82, 2.24) is 9.80 Å². The number of para-hydroxylation sites is 1. The quantitative estimate of drug-likeness (QED) is 0.832. The van der Waals surface area contributed by atoms with E-state index in [1.54, 1.807) is 0 Å². The molecule has 3 aliphatic rings. The first-order chi connectivity index (χ1) is 12.7. The van der Waals surface area contributed by atoms with Crippen molar-refractivity contribution in [2.75, 3.05) is 44.2 Å². The molecule has 0 bridgehead atoms. The van der Waals surface area contributed by atoms with Crippen molar-refractivity contribution >= 4 is 17.5 Å². The van der Waals surface area contributed by atoms with E-state index < -0.39 is 0 Å². The van der Waals surface area contributed by atoms with Crippen LogP contribution < -0.4 is 4.90 Å². The smallest absolute Gasteiger partial charge is 0.228 e. The Morgan fingerprint density at radius 3 is 2.46 bits per heavy atom. The highest BCUT2D eigenvalue weighted by atomic mass is 16.2. The molecule has 1 aromatic rings. The summed E-state index contributed by atoms with van der Waals surface area (Å²) in [7, 11) is 0. The summed E-state index contributed by atoms with van der Waals surface area (Å²) in [6.45, 7) is 5.04. The Balaban J connectivity index is 1.25. The van der Waals surface area contributed by atoms with E-state index in [9.17, 15) is 9.59 Å². The Hall–Kier alpha value is -1.88. The van der Waals surface area contributed by atoms with Gasteiger partial charge in [-0.2, -0.15) is 0 Å². The van der Waals surface area contributed by atoms with Gasteiger partial charge in [-0.05, 0) is 37.3 Å². The van der Waals surface area contributed by atoms with Gasteiger partial charge in [-0.1, -0.05) is 24.6 Å². The fourth-order valence-corrected chi connectivity index (χ4v) is 4.29. The minimum atomic E-state index is 0.227. The molecule has 2 aliphatic heterocycles. The van der Waals surface area contributed by atoms with Crippen LogP contribution >= 0.6 is 0 Å². The van der Waals surface area contributed by atoms with Gasteiger partial charge in [-0.3, -0.25) is 14.5 Å². The second-order valence-electron chi connectivity index (χ2n) is 7.82. The van der Waals surface area contributed by atoms with Gasteiger partial charge in [0.1, 0.15) is 0 Å². The van der Waals surface area contributed by atoms with E-state index in [2.05, 4.69) is 23.1 Å². The normalized spacial score (nSPS) is 21.2. The molecular weight excluding hydrogens is 326 g/mol. The van der Waals surface area contributed by atoms with Gasteiger partial charge in [0.05, 0.1) is 0 Å². The largest absolute Gasteiger partial charge is 0.340 e. The van der Waals surface area contributed by atoms with Crippen molar-refractivity contribution < 1.29 is 9.59 Å². The predicted octanol–water partition coefficient (Wildman–Crippen LogP) is 2.30. The Kier molecular flexibility index (Phi) is 5.25. The molecule has 4 rings (SSSR count). The summed E-state index contributed by atoms with van der Waals surface area (Å²) < 4.78 is 0. The first kappa shape index (κ1) is 17.5. The summed E-state index contributed by atoms with van der Waals surface area (Å²) in [5.41, 5.74) is 2.38. The average molecular weight is 355 g/mol. The summed E-state index contributed by atoms with van der Waals surface area (Å²) in [5.74, 6) is 0.879. The van der Waals surface area contributed by atoms with E-state index >= 15 is 0 Å². The van der Waals surface area contributed by atoms with Crippen molar-refractivity contribution in [1.29, 1.82) is 0 Å². The molecule has 2 fully saturated rings. The van der Waals surface area contributed by atoms with Crippen LogP contribution in [-0.4, -0.2) is 60.9 Å². The lowest BCUT2D eigenvalue weighted by Crippen LogP contribution is -2.51. The highest BCUT2D eigenvalue weighted by Crippen LogP contribution is 2.29. The number of nitrogens with zero attached hydrogens (tertiary/aromatic N) is 3. The summed E-state index contributed by atoms with van der Waals surface area (Å²) in [5, 5.41) is 0. The van der Waals surface area contributed by atoms with Gasteiger partial charge in [0.2, 0.25) is 11.8 Å². The number of carbonyl (C=O) groups excluding carboxylic acids is 2. The van der Waals surface area contributed by atoms with Gasteiger partial charge in [0, 0.05) is 57.3 Å². The maximum atomic E-state index is 12.7. The third-order valence-electron chi connectivity index (χ3n) is 6.19. The maximum Gasteiger partial charge on any atom is 0.228 e. The van der Waals surface area contributed by atoms with Gasteiger partial charge in [-0.15, -0.1) is 0 Å². The van der Waals surface area contributed by atoms with Gasteiger partial charge < -0.3 is 9.80 Å². The molecule has 0 unspecified atom stereocenters. The minimum absolute atomic E-state index is 0.227. The molecule has 5 heteroatoms. The summed E-state index contributed by atoms with van der Waals surface area (Å²) in [6, 6.07) is 8.27. The molecule has 1 aromatic carbocycles. The van der Waals surface area contributed by atoms with Crippen molar-refractivity contribution in [3.8, 4) is 0 Å². The van der Waals surface area contributed by atoms with Crippen molar-refractivity contribution in [2.45, 2.75) is 38.5 Å². The molecule has 2 heterocycles. The molecule has 1 saturated heterocycles. The topological polar surface area (TPSA) is 43.9 Å². The van der Waals surface area contributed by atoms with Gasteiger partial charge >= 0.3 is 0 Å². The maximum absolute atomic E-state index is 12.7. The lowest BCUT2D eigenvalue weighted by atomic mass is 9.84. The highest BCUT2D eigenvalue weighted by Gasteiger charge is 2.31. The Morgan fingerprint density at radius 1 is 0.962 bits per heavy atom. The fraction of sp³-hybridized carbons (Fsp3) is 0.619. The number of hydrogen-bond acceptors (Lipinski definition) is 3. The lowest BCUT2D eigenvalue weighted by molar-refractivity contribution is -0.140. The Bertz CT molecular complexity index is 663. The zero-order valence-electron chi connectivity index (χ0n) is 15.5. The average Bonchev–Trinajstić information content (AvgIpc) is 2.64. The summed E-state index contributed by atoms with van der Waals surface area (Å²) >= 11 is 0. The van der Waals surface area contributed by atoms with E-state index in [-0.39, 0.29) is 5.91 Å². The van der Waals surface area contributed by atoms with E-state index in [1.165, 1.54) is 12.0 Å². The number of piperazine rings is 1. The molecular formula is C21H29N3O2. The Labute approximate surface area is 155 Å². The second kappa shape index (κ2) is 7.78. The van der Waals surface area contributed by atoms with Crippen LogP contribution in [0.25, 0.3) is 0 Å². The SMILES string of the molecule is O=C(C1CCC1)N1CCN(CCC(=O)N2CCCc3ccccc32)CC1. The molecule has 0 atom stereocenters. The standard InChI is InChI=1S/C21H29N3O2/c25-20(24-11-4-8-17-5-1-2-9-19(17)24)10-12-22-13-15-23(16-14-22)21(26)18-6-3-7-18/h1-2,5,9,18H,3-4,6-8,10-16H2. The van der Waals surface area contributed by atoms with Crippen molar-refractivity contribution in [3.63, 3.8) is 0 Å². The van der Waals surface area contributed by atoms with Crippen LogP contribution in [0.2, 0.25) is 0 Å². The molecule has 26 heavy (non-hydrogen) atoms.